The lowest BCUT2D eigenvalue weighted by Crippen LogP contribution is -2.38. The van der Waals surface area contributed by atoms with Crippen LogP contribution in [0.5, 0.6) is 5.88 Å². The van der Waals surface area contributed by atoms with Crippen LogP contribution in [0, 0.1) is 5.92 Å². The molecule has 2 aromatic rings. The number of guanidine groups is 1. The number of aromatic nitrogens is 2. The molecule has 6 heteroatoms. The highest BCUT2D eigenvalue weighted by Gasteiger charge is 2.21. The molecule has 0 atom stereocenters. The van der Waals surface area contributed by atoms with E-state index in [0.717, 1.165) is 49.3 Å². The minimum absolute atomic E-state index is 0.578. The van der Waals surface area contributed by atoms with Crippen LogP contribution in [-0.4, -0.2) is 35.6 Å². The summed E-state index contributed by atoms with van der Waals surface area (Å²) in [6, 6.07) is 9.92. The summed E-state index contributed by atoms with van der Waals surface area (Å²) in [7, 11) is 0. The number of nitrogens with one attached hydrogen (secondary N) is 2. The molecule has 1 fully saturated rings. The maximum Gasteiger partial charge on any atom is 0.213 e. The minimum Gasteiger partial charge on any atom is -0.477 e. The zero-order valence-electron chi connectivity index (χ0n) is 15.3. The van der Waals surface area contributed by atoms with Gasteiger partial charge < -0.3 is 15.4 Å². The van der Waals surface area contributed by atoms with Crippen molar-refractivity contribution in [1.29, 1.82) is 0 Å². The third-order valence-electron chi connectivity index (χ3n) is 4.13. The Morgan fingerprint density at radius 1 is 1.19 bits per heavy atom. The molecule has 0 bridgehead atoms. The first kappa shape index (κ1) is 18.2. The fourth-order valence-electron chi connectivity index (χ4n) is 2.44. The van der Waals surface area contributed by atoms with Gasteiger partial charge in [0.05, 0.1) is 13.2 Å². The number of ether oxygens (including phenoxy) is 1. The van der Waals surface area contributed by atoms with Crippen LogP contribution in [0.3, 0.4) is 0 Å². The van der Waals surface area contributed by atoms with Crippen molar-refractivity contribution in [2.75, 3.05) is 19.7 Å². The molecule has 6 nitrogen and oxygen atoms in total. The second-order valence-corrected chi connectivity index (χ2v) is 6.45. The van der Waals surface area contributed by atoms with E-state index in [-0.39, 0.29) is 0 Å². The van der Waals surface area contributed by atoms with Gasteiger partial charge in [-0.1, -0.05) is 12.1 Å². The van der Waals surface area contributed by atoms with Gasteiger partial charge in [-0.3, -0.25) is 4.98 Å². The number of pyridine rings is 2. The van der Waals surface area contributed by atoms with Gasteiger partial charge in [0.15, 0.2) is 5.96 Å². The predicted molar refractivity (Wildman–Crippen MR) is 103 cm³/mol. The molecule has 2 aromatic heterocycles. The smallest absolute Gasteiger partial charge is 0.213 e. The van der Waals surface area contributed by atoms with Crippen molar-refractivity contribution in [1.82, 2.24) is 20.6 Å². The summed E-state index contributed by atoms with van der Waals surface area (Å²) >= 11 is 0. The van der Waals surface area contributed by atoms with Crippen LogP contribution in [0.15, 0.2) is 47.7 Å². The Morgan fingerprint density at radius 2 is 2.12 bits per heavy atom. The Bertz CT molecular complexity index is 683. The van der Waals surface area contributed by atoms with Crippen molar-refractivity contribution in [2.45, 2.75) is 32.7 Å². The molecular formula is C20H27N5O. The first-order valence-electron chi connectivity index (χ1n) is 9.33. The van der Waals surface area contributed by atoms with E-state index in [9.17, 15) is 0 Å². The first-order chi connectivity index (χ1) is 12.8. The molecule has 1 aliphatic carbocycles. The SMILES string of the molecule is CCNC(=NCc1ccc(OCC2CC2)nc1)NCCc1ccccn1. The van der Waals surface area contributed by atoms with Crippen molar-refractivity contribution in [3.8, 4) is 5.88 Å². The third kappa shape index (κ3) is 6.35. The van der Waals surface area contributed by atoms with Crippen molar-refractivity contribution in [3.05, 3.63) is 54.0 Å². The summed E-state index contributed by atoms with van der Waals surface area (Å²) in [6.45, 7) is 5.03. The number of hydrogen-bond acceptors (Lipinski definition) is 4. The topological polar surface area (TPSA) is 71.4 Å². The van der Waals surface area contributed by atoms with Crippen molar-refractivity contribution in [2.24, 2.45) is 10.9 Å². The van der Waals surface area contributed by atoms with Crippen LogP contribution < -0.4 is 15.4 Å². The highest BCUT2D eigenvalue weighted by Crippen LogP contribution is 2.29. The summed E-state index contributed by atoms with van der Waals surface area (Å²) in [6.07, 6.45) is 7.09. The van der Waals surface area contributed by atoms with Crippen LogP contribution in [0.4, 0.5) is 0 Å². The molecule has 1 saturated carbocycles. The summed E-state index contributed by atoms with van der Waals surface area (Å²) in [5.74, 6) is 2.24. The van der Waals surface area contributed by atoms with Gasteiger partial charge in [-0.2, -0.15) is 0 Å². The average molecular weight is 353 g/mol. The van der Waals surface area contributed by atoms with Crippen LogP contribution in [0.25, 0.3) is 0 Å². The predicted octanol–water partition coefficient (Wildman–Crippen LogP) is 2.56. The highest BCUT2D eigenvalue weighted by molar-refractivity contribution is 5.79. The molecule has 0 radical (unpaired) electrons. The van der Waals surface area contributed by atoms with Gasteiger partial charge >= 0.3 is 0 Å². The number of nitrogens with zero attached hydrogens (tertiary/aromatic N) is 3. The zero-order chi connectivity index (χ0) is 18.0. The summed E-state index contributed by atoms with van der Waals surface area (Å²) in [5, 5.41) is 6.61. The monoisotopic (exact) mass is 353 g/mol. The molecule has 138 valence electrons. The Labute approximate surface area is 155 Å². The normalized spacial score (nSPS) is 14.1. The van der Waals surface area contributed by atoms with E-state index >= 15 is 0 Å². The third-order valence-corrected chi connectivity index (χ3v) is 4.13. The van der Waals surface area contributed by atoms with Crippen LogP contribution in [0.1, 0.15) is 31.0 Å². The first-order valence-corrected chi connectivity index (χ1v) is 9.33. The second-order valence-electron chi connectivity index (χ2n) is 6.45. The lowest BCUT2D eigenvalue weighted by molar-refractivity contribution is 0.288. The van der Waals surface area contributed by atoms with Crippen molar-refractivity contribution >= 4 is 5.96 Å². The van der Waals surface area contributed by atoms with Crippen LogP contribution in [0.2, 0.25) is 0 Å². The summed E-state index contributed by atoms with van der Waals surface area (Å²) in [5.41, 5.74) is 2.13. The van der Waals surface area contributed by atoms with E-state index < -0.39 is 0 Å². The van der Waals surface area contributed by atoms with E-state index in [0.29, 0.717) is 12.4 Å². The molecule has 2 N–H and O–H groups in total. The lowest BCUT2D eigenvalue weighted by Gasteiger charge is -2.11. The van der Waals surface area contributed by atoms with Gasteiger partial charge in [0.1, 0.15) is 0 Å². The summed E-state index contributed by atoms with van der Waals surface area (Å²) < 4.78 is 5.67. The molecule has 26 heavy (non-hydrogen) atoms. The second kappa shape index (κ2) is 9.75. The van der Waals surface area contributed by atoms with Crippen LogP contribution in [-0.2, 0) is 13.0 Å². The van der Waals surface area contributed by atoms with Gasteiger partial charge in [0.25, 0.3) is 0 Å². The van der Waals surface area contributed by atoms with Gasteiger partial charge in [0, 0.05) is 43.7 Å². The quantitative estimate of drug-likeness (QED) is 0.535. The number of aliphatic imine (C=N–C) groups is 1. The highest BCUT2D eigenvalue weighted by atomic mass is 16.5. The number of rotatable bonds is 9. The largest absolute Gasteiger partial charge is 0.477 e. The van der Waals surface area contributed by atoms with E-state index in [1.165, 1.54) is 12.8 Å². The molecule has 0 aliphatic heterocycles. The molecule has 0 spiro atoms. The Morgan fingerprint density at radius 3 is 2.81 bits per heavy atom. The molecule has 0 aromatic carbocycles. The molecule has 1 aliphatic rings. The Balaban J connectivity index is 1.46. The fraction of sp³-hybridized carbons (Fsp3) is 0.450. The van der Waals surface area contributed by atoms with E-state index in [2.05, 4.69) is 32.5 Å². The molecule has 0 amide bonds. The Hall–Kier alpha value is -2.63. The number of hydrogen-bond donors (Lipinski definition) is 2. The fourth-order valence-corrected chi connectivity index (χ4v) is 2.44. The average Bonchev–Trinajstić information content (AvgIpc) is 3.51. The van der Waals surface area contributed by atoms with Crippen molar-refractivity contribution < 1.29 is 4.74 Å². The summed E-state index contributed by atoms with van der Waals surface area (Å²) in [4.78, 5) is 13.3. The van der Waals surface area contributed by atoms with Gasteiger partial charge in [0.2, 0.25) is 5.88 Å². The minimum atomic E-state index is 0.578. The van der Waals surface area contributed by atoms with Gasteiger partial charge in [-0.25, -0.2) is 9.98 Å². The van der Waals surface area contributed by atoms with Gasteiger partial charge in [-0.15, -0.1) is 0 Å². The molecular weight excluding hydrogens is 326 g/mol. The zero-order valence-corrected chi connectivity index (χ0v) is 15.3. The van der Waals surface area contributed by atoms with E-state index in [4.69, 9.17) is 4.74 Å². The maximum absolute atomic E-state index is 5.67. The van der Waals surface area contributed by atoms with Crippen LogP contribution >= 0.6 is 0 Å². The van der Waals surface area contributed by atoms with Crippen molar-refractivity contribution in [3.63, 3.8) is 0 Å². The Kier molecular flexibility index (Phi) is 6.81. The molecule has 3 rings (SSSR count). The lowest BCUT2D eigenvalue weighted by atomic mass is 10.3. The standard InChI is InChI=1S/C20H27N5O/c1-2-21-20(23-12-10-18-5-3-4-11-22-18)25-14-17-8-9-19(24-13-17)26-15-16-6-7-16/h3-5,8-9,11,13,16H,2,6-7,10,12,14-15H2,1H3,(H2,21,23,25). The van der Waals surface area contributed by atoms with Gasteiger partial charge in [-0.05, 0) is 43.4 Å². The maximum atomic E-state index is 5.67. The molecule has 0 saturated heterocycles. The van der Waals surface area contributed by atoms with E-state index in [1.54, 1.807) is 0 Å². The molecule has 0 unspecified atom stereocenters. The molecule has 2 heterocycles. The van der Waals surface area contributed by atoms with E-state index in [1.807, 2.05) is 42.7 Å².